The van der Waals surface area contributed by atoms with Crippen molar-refractivity contribution < 1.29 is 9.18 Å². The first-order valence-electron chi connectivity index (χ1n) is 10.2. The highest BCUT2D eigenvalue weighted by Gasteiger charge is 2.27. The lowest BCUT2D eigenvalue weighted by molar-refractivity contribution is -0.122. The number of rotatable bonds is 5. The fourth-order valence-electron chi connectivity index (χ4n) is 4.42. The molecule has 0 radical (unpaired) electrons. The number of hydrogen-bond donors (Lipinski definition) is 1. The number of hydrogen-bond acceptors (Lipinski definition) is 3. The molecule has 0 bridgehead atoms. The lowest BCUT2D eigenvalue weighted by atomic mass is 9.99. The Kier molecular flexibility index (Phi) is 5.91. The van der Waals surface area contributed by atoms with E-state index in [0.29, 0.717) is 18.2 Å². The second kappa shape index (κ2) is 8.74. The number of nitrogens with one attached hydrogen (secondary N) is 1. The summed E-state index contributed by atoms with van der Waals surface area (Å²) in [6.07, 6.45) is 2.82. The van der Waals surface area contributed by atoms with Crippen LogP contribution in [0.4, 0.5) is 10.1 Å². The van der Waals surface area contributed by atoms with E-state index in [9.17, 15) is 9.18 Å². The Balaban J connectivity index is 1.22. The Morgan fingerprint density at radius 3 is 2.43 bits per heavy atom. The van der Waals surface area contributed by atoms with Gasteiger partial charge in [-0.2, -0.15) is 0 Å². The standard InChI is InChI=1S/C23H28FN3O/c24-21-8-4-5-9-22(21)27-14-11-20(12-15-27)25-23(28)17-26-13-10-19(16-26)18-6-2-1-3-7-18/h1-9,19-20H,10-17H2,(H,25,28). The van der Waals surface area contributed by atoms with Gasteiger partial charge in [-0.25, -0.2) is 4.39 Å². The minimum atomic E-state index is -0.174. The topological polar surface area (TPSA) is 35.6 Å². The van der Waals surface area contributed by atoms with Gasteiger partial charge < -0.3 is 10.2 Å². The average molecular weight is 381 g/mol. The van der Waals surface area contributed by atoms with Crippen LogP contribution in [0.15, 0.2) is 54.6 Å². The van der Waals surface area contributed by atoms with Crippen molar-refractivity contribution in [3.05, 3.63) is 66.0 Å². The Labute approximate surface area is 166 Å². The van der Waals surface area contributed by atoms with Crippen molar-refractivity contribution in [1.29, 1.82) is 0 Å². The lowest BCUT2D eigenvalue weighted by Gasteiger charge is -2.34. The second-order valence-electron chi connectivity index (χ2n) is 7.91. The van der Waals surface area contributed by atoms with Gasteiger partial charge in [0.15, 0.2) is 0 Å². The summed E-state index contributed by atoms with van der Waals surface area (Å²) in [5, 5.41) is 3.19. The van der Waals surface area contributed by atoms with E-state index in [4.69, 9.17) is 0 Å². The molecule has 2 saturated heterocycles. The summed E-state index contributed by atoms with van der Waals surface area (Å²) in [7, 11) is 0. The molecule has 2 aliphatic rings. The number of amides is 1. The molecule has 0 aromatic heterocycles. The maximum atomic E-state index is 13.9. The van der Waals surface area contributed by atoms with Gasteiger partial charge in [0.05, 0.1) is 12.2 Å². The van der Waals surface area contributed by atoms with E-state index in [1.54, 1.807) is 6.07 Å². The highest BCUT2D eigenvalue weighted by molar-refractivity contribution is 5.78. The number of carbonyl (C=O) groups excluding carboxylic acids is 1. The van der Waals surface area contributed by atoms with Crippen LogP contribution in [-0.2, 0) is 4.79 Å². The summed E-state index contributed by atoms with van der Waals surface area (Å²) >= 11 is 0. The summed E-state index contributed by atoms with van der Waals surface area (Å²) in [5.41, 5.74) is 2.03. The lowest BCUT2D eigenvalue weighted by Crippen LogP contribution is -2.47. The molecule has 148 valence electrons. The highest BCUT2D eigenvalue weighted by Crippen LogP contribution is 2.27. The summed E-state index contributed by atoms with van der Waals surface area (Å²) in [6.45, 7) is 3.93. The van der Waals surface area contributed by atoms with E-state index in [2.05, 4.69) is 39.4 Å². The Hall–Kier alpha value is -2.40. The van der Waals surface area contributed by atoms with E-state index in [1.165, 1.54) is 11.6 Å². The predicted octanol–water partition coefficient (Wildman–Crippen LogP) is 3.40. The first kappa shape index (κ1) is 18.9. The van der Waals surface area contributed by atoms with Crippen molar-refractivity contribution in [2.45, 2.75) is 31.2 Å². The molecule has 2 fully saturated rings. The second-order valence-corrected chi connectivity index (χ2v) is 7.91. The van der Waals surface area contributed by atoms with Crippen LogP contribution in [0.3, 0.4) is 0 Å². The number of anilines is 1. The fourth-order valence-corrected chi connectivity index (χ4v) is 4.42. The summed E-state index contributed by atoms with van der Waals surface area (Å²) in [6, 6.07) is 17.7. The van der Waals surface area contributed by atoms with Crippen LogP contribution in [0.25, 0.3) is 0 Å². The quantitative estimate of drug-likeness (QED) is 0.862. The SMILES string of the molecule is O=C(CN1CCC(c2ccccc2)C1)NC1CCN(c2ccccc2F)CC1. The van der Waals surface area contributed by atoms with Crippen molar-refractivity contribution in [1.82, 2.24) is 10.2 Å². The molecular formula is C23H28FN3O. The maximum absolute atomic E-state index is 13.9. The molecule has 0 spiro atoms. The molecule has 0 aliphatic carbocycles. The number of carbonyl (C=O) groups is 1. The van der Waals surface area contributed by atoms with E-state index in [0.717, 1.165) is 45.4 Å². The van der Waals surface area contributed by atoms with Crippen LogP contribution in [0, 0.1) is 5.82 Å². The van der Waals surface area contributed by atoms with Gasteiger partial charge in [-0.3, -0.25) is 9.69 Å². The van der Waals surface area contributed by atoms with Gasteiger partial charge in [0.1, 0.15) is 5.82 Å². The zero-order valence-electron chi connectivity index (χ0n) is 16.2. The van der Waals surface area contributed by atoms with Crippen molar-refractivity contribution in [3.63, 3.8) is 0 Å². The molecule has 2 heterocycles. The third-order valence-electron chi connectivity index (χ3n) is 5.96. The predicted molar refractivity (Wildman–Crippen MR) is 110 cm³/mol. The summed E-state index contributed by atoms with van der Waals surface area (Å²) < 4.78 is 13.9. The third kappa shape index (κ3) is 4.53. The Bertz CT molecular complexity index is 789. The first-order chi connectivity index (χ1) is 13.7. The molecule has 4 rings (SSSR count). The molecule has 1 N–H and O–H groups in total. The molecule has 4 nitrogen and oxygen atoms in total. The normalized spacial score (nSPS) is 21.0. The van der Waals surface area contributed by atoms with Crippen LogP contribution in [0.1, 0.15) is 30.7 Å². The maximum Gasteiger partial charge on any atom is 0.234 e. The minimum Gasteiger partial charge on any atom is -0.369 e. The number of likely N-dealkylation sites (tertiary alicyclic amines) is 1. The molecule has 2 aromatic rings. The molecule has 2 aliphatic heterocycles. The van der Waals surface area contributed by atoms with Crippen LogP contribution in [0.5, 0.6) is 0 Å². The fraction of sp³-hybridized carbons (Fsp3) is 0.435. The van der Waals surface area contributed by atoms with Crippen molar-refractivity contribution >= 4 is 11.6 Å². The van der Waals surface area contributed by atoms with Crippen molar-refractivity contribution in [2.24, 2.45) is 0 Å². The van der Waals surface area contributed by atoms with E-state index in [-0.39, 0.29) is 17.8 Å². The Morgan fingerprint density at radius 2 is 1.68 bits per heavy atom. The summed E-state index contributed by atoms with van der Waals surface area (Å²) in [4.78, 5) is 16.8. The van der Waals surface area contributed by atoms with Gasteiger partial charge >= 0.3 is 0 Å². The molecule has 28 heavy (non-hydrogen) atoms. The zero-order valence-corrected chi connectivity index (χ0v) is 16.2. The van der Waals surface area contributed by atoms with Crippen molar-refractivity contribution in [2.75, 3.05) is 37.6 Å². The number of para-hydroxylation sites is 1. The minimum absolute atomic E-state index is 0.109. The largest absolute Gasteiger partial charge is 0.369 e. The number of benzene rings is 2. The van der Waals surface area contributed by atoms with Crippen LogP contribution < -0.4 is 10.2 Å². The zero-order chi connectivity index (χ0) is 19.3. The van der Waals surface area contributed by atoms with Gasteiger partial charge in [0, 0.05) is 25.7 Å². The van der Waals surface area contributed by atoms with E-state index < -0.39 is 0 Å². The van der Waals surface area contributed by atoms with E-state index >= 15 is 0 Å². The number of piperidine rings is 1. The highest BCUT2D eigenvalue weighted by atomic mass is 19.1. The van der Waals surface area contributed by atoms with Crippen molar-refractivity contribution in [3.8, 4) is 0 Å². The molecular weight excluding hydrogens is 353 g/mol. The third-order valence-corrected chi connectivity index (χ3v) is 5.96. The molecule has 5 heteroatoms. The molecule has 2 aromatic carbocycles. The number of halogens is 1. The van der Waals surface area contributed by atoms with E-state index in [1.807, 2.05) is 18.2 Å². The molecule has 0 saturated carbocycles. The van der Waals surface area contributed by atoms with Crippen LogP contribution in [0.2, 0.25) is 0 Å². The van der Waals surface area contributed by atoms with Crippen LogP contribution in [-0.4, -0.2) is 49.6 Å². The van der Waals surface area contributed by atoms with Gasteiger partial charge in [-0.05, 0) is 49.4 Å². The smallest absolute Gasteiger partial charge is 0.234 e. The van der Waals surface area contributed by atoms with Crippen LogP contribution >= 0.6 is 0 Å². The van der Waals surface area contributed by atoms with Gasteiger partial charge in [0.25, 0.3) is 0 Å². The van der Waals surface area contributed by atoms with Gasteiger partial charge in [0.2, 0.25) is 5.91 Å². The van der Waals surface area contributed by atoms with Gasteiger partial charge in [-0.1, -0.05) is 42.5 Å². The molecule has 1 atom stereocenters. The summed E-state index contributed by atoms with van der Waals surface area (Å²) in [5.74, 6) is 0.461. The monoisotopic (exact) mass is 381 g/mol. The number of nitrogens with zero attached hydrogens (tertiary/aromatic N) is 2. The average Bonchev–Trinajstić information content (AvgIpc) is 3.18. The Morgan fingerprint density at radius 1 is 0.964 bits per heavy atom. The molecule has 1 unspecified atom stereocenters. The van der Waals surface area contributed by atoms with Gasteiger partial charge in [-0.15, -0.1) is 0 Å². The first-order valence-corrected chi connectivity index (χ1v) is 10.2. The molecule has 1 amide bonds.